The van der Waals surface area contributed by atoms with Crippen LogP contribution >= 0.6 is 0 Å². The first kappa shape index (κ1) is 12.3. The number of urea groups is 1. The number of hydrogen-bond acceptors (Lipinski definition) is 2. The van der Waals surface area contributed by atoms with Gasteiger partial charge in [-0.1, -0.05) is 13.8 Å². The van der Waals surface area contributed by atoms with E-state index >= 15 is 0 Å². The van der Waals surface area contributed by atoms with Crippen LogP contribution in [0.25, 0.3) is 0 Å². The van der Waals surface area contributed by atoms with Gasteiger partial charge < -0.3 is 16.4 Å². The summed E-state index contributed by atoms with van der Waals surface area (Å²) >= 11 is 0. The normalized spacial score (nSPS) is 19.8. The van der Waals surface area contributed by atoms with Crippen LogP contribution in [0.5, 0.6) is 0 Å². The fourth-order valence-corrected chi connectivity index (χ4v) is 1.81. The van der Waals surface area contributed by atoms with Crippen molar-refractivity contribution in [2.75, 3.05) is 6.54 Å². The molecule has 1 unspecified atom stereocenters. The molecule has 0 radical (unpaired) electrons. The van der Waals surface area contributed by atoms with Gasteiger partial charge in [0, 0.05) is 12.6 Å². The number of amides is 2. The molecule has 0 aliphatic heterocycles. The van der Waals surface area contributed by atoms with Crippen LogP contribution in [0.2, 0.25) is 0 Å². The standard InChI is InChI=1S/C11H23N3O/c1-8(2)6-11(3,7-12)14-10(15)13-9-4-5-9/h8-9H,4-7,12H2,1-3H3,(H2,13,14,15). The number of hydrogen-bond donors (Lipinski definition) is 3. The summed E-state index contributed by atoms with van der Waals surface area (Å²) in [6.07, 6.45) is 3.12. The van der Waals surface area contributed by atoms with Crippen molar-refractivity contribution in [3.05, 3.63) is 0 Å². The predicted molar refractivity (Wildman–Crippen MR) is 61.6 cm³/mol. The molecule has 4 N–H and O–H groups in total. The molecule has 0 aromatic carbocycles. The molecule has 1 fully saturated rings. The number of carbonyl (C=O) groups is 1. The van der Waals surface area contributed by atoms with Gasteiger partial charge in [0.05, 0.1) is 5.54 Å². The first-order valence-electron chi connectivity index (χ1n) is 5.74. The molecule has 0 aromatic heterocycles. The lowest BCUT2D eigenvalue weighted by atomic mass is 9.91. The molecule has 1 aliphatic rings. The Bertz CT molecular complexity index is 226. The summed E-state index contributed by atoms with van der Waals surface area (Å²) in [5, 5.41) is 5.88. The Balaban J connectivity index is 2.38. The van der Waals surface area contributed by atoms with E-state index in [1.165, 1.54) is 0 Å². The van der Waals surface area contributed by atoms with E-state index in [4.69, 9.17) is 5.73 Å². The number of nitrogens with two attached hydrogens (primary N) is 1. The maximum atomic E-state index is 11.6. The second kappa shape index (κ2) is 4.84. The molecule has 0 aromatic rings. The third-order valence-corrected chi connectivity index (χ3v) is 2.64. The van der Waals surface area contributed by atoms with Gasteiger partial charge in [0.2, 0.25) is 0 Å². The van der Waals surface area contributed by atoms with Crippen LogP contribution in [0.3, 0.4) is 0 Å². The zero-order valence-electron chi connectivity index (χ0n) is 9.97. The zero-order valence-corrected chi connectivity index (χ0v) is 9.97. The fraction of sp³-hybridized carbons (Fsp3) is 0.909. The monoisotopic (exact) mass is 213 g/mol. The lowest BCUT2D eigenvalue weighted by molar-refractivity contribution is 0.221. The fourth-order valence-electron chi connectivity index (χ4n) is 1.81. The van der Waals surface area contributed by atoms with Gasteiger partial charge in [0.1, 0.15) is 0 Å². The zero-order chi connectivity index (χ0) is 11.5. The van der Waals surface area contributed by atoms with Crippen molar-refractivity contribution in [3.63, 3.8) is 0 Å². The molecule has 0 heterocycles. The molecule has 0 bridgehead atoms. The second-order valence-electron chi connectivity index (χ2n) is 5.24. The van der Waals surface area contributed by atoms with E-state index in [2.05, 4.69) is 24.5 Å². The van der Waals surface area contributed by atoms with Crippen molar-refractivity contribution in [1.82, 2.24) is 10.6 Å². The van der Waals surface area contributed by atoms with Gasteiger partial charge in [-0.15, -0.1) is 0 Å². The summed E-state index contributed by atoms with van der Waals surface area (Å²) in [6, 6.07) is 0.317. The van der Waals surface area contributed by atoms with Crippen LogP contribution in [0, 0.1) is 5.92 Å². The highest BCUT2D eigenvalue weighted by atomic mass is 16.2. The molecule has 4 heteroatoms. The molecule has 1 rings (SSSR count). The van der Waals surface area contributed by atoms with E-state index in [-0.39, 0.29) is 11.6 Å². The van der Waals surface area contributed by atoms with E-state index < -0.39 is 0 Å². The highest BCUT2D eigenvalue weighted by molar-refractivity contribution is 5.75. The van der Waals surface area contributed by atoms with Gasteiger partial charge >= 0.3 is 6.03 Å². The average molecular weight is 213 g/mol. The van der Waals surface area contributed by atoms with Crippen LogP contribution in [-0.2, 0) is 0 Å². The summed E-state index contributed by atoms with van der Waals surface area (Å²) < 4.78 is 0. The molecule has 88 valence electrons. The summed E-state index contributed by atoms with van der Waals surface area (Å²) in [7, 11) is 0. The van der Waals surface area contributed by atoms with Crippen molar-refractivity contribution in [3.8, 4) is 0 Å². The van der Waals surface area contributed by atoms with Crippen LogP contribution in [-0.4, -0.2) is 24.2 Å². The van der Waals surface area contributed by atoms with Crippen LogP contribution in [0.15, 0.2) is 0 Å². The lowest BCUT2D eigenvalue weighted by Gasteiger charge is -2.31. The topological polar surface area (TPSA) is 67.1 Å². The minimum absolute atomic E-state index is 0.0777. The molecule has 1 atom stereocenters. The molecule has 1 saturated carbocycles. The highest BCUT2D eigenvalue weighted by Crippen LogP contribution is 2.19. The maximum absolute atomic E-state index is 11.6. The third kappa shape index (κ3) is 4.51. The van der Waals surface area contributed by atoms with E-state index in [0.717, 1.165) is 19.3 Å². The minimum atomic E-state index is -0.285. The Morgan fingerprint density at radius 1 is 1.53 bits per heavy atom. The first-order chi connectivity index (χ1) is 6.95. The Labute approximate surface area is 92.0 Å². The van der Waals surface area contributed by atoms with Gasteiger partial charge in [0.15, 0.2) is 0 Å². The van der Waals surface area contributed by atoms with E-state index in [9.17, 15) is 4.79 Å². The van der Waals surface area contributed by atoms with Crippen LogP contribution in [0.1, 0.15) is 40.0 Å². The van der Waals surface area contributed by atoms with Crippen LogP contribution < -0.4 is 16.4 Å². The largest absolute Gasteiger partial charge is 0.335 e. The SMILES string of the molecule is CC(C)CC(C)(CN)NC(=O)NC1CC1. The lowest BCUT2D eigenvalue weighted by Crippen LogP contribution is -2.55. The smallest absolute Gasteiger partial charge is 0.315 e. The van der Waals surface area contributed by atoms with Gasteiger partial charge in [-0.25, -0.2) is 4.79 Å². The molecular weight excluding hydrogens is 190 g/mol. The molecular formula is C11H23N3O. The Hall–Kier alpha value is -0.770. The van der Waals surface area contributed by atoms with Gasteiger partial charge in [0.25, 0.3) is 0 Å². The molecule has 15 heavy (non-hydrogen) atoms. The summed E-state index contributed by atoms with van der Waals surface area (Å²) in [5.74, 6) is 0.528. The second-order valence-corrected chi connectivity index (χ2v) is 5.24. The number of carbonyl (C=O) groups excluding carboxylic acids is 1. The summed E-state index contributed by atoms with van der Waals surface area (Å²) in [6.45, 7) is 6.74. The maximum Gasteiger partial charge on any atom is 0.315 e. The predicted octanol–water partition coefficient (Wildman–Crippen LogP) is 1.21. The Morgan fingerprint density at radius 2 is 2.13 bits per heavy atom. The number of nitrogens with one attached hydrogen (secondary N) is 2. The van der Waals surface area contributed by atoms with Crippen molar-refractivity contribution >= 4 is 6.03 Å². The molecule has 0 saturated heterocycles. The first-order valence-corrected chi connectivity index (χ1v) is 5.74. The van der Waals surface area contributed by atoms with E-state index in [1.54, 1.807) is 0 Å². The molecule has 4 nitrogen and oxygen atoms in total. The molecule has 2 amide bonds. The quantitative estimate of drug-likeness (QED) is 0.642. The summed E-state index contributed by atoms with van der Waals surface area (Å²) in [4.78, 5) is 11.6. The van der Waals surface area contributed by atoms with Gasteiger partial charge in [-0.05, 0) is 32.1 Å². The average Bonchev–Trinajstić information content (AvgIpc) is 2.86. The Morgan fingerprint density at radius 3 is 2.53 bits per heavy atom. The van der Waals surface area contributed by atoms with Crippen molar-refractivity contribution < 1.29 is 4.79 Å². The van der Waals surface area contributed by atoms with E-state index in [1.807, 2.05) is 6.92 Å². The van der Waals surface area contributed by atoms with Gasteiger partial charge in [-0.2, -0.15) is 0 Å². The molecule has 1 aliphatic carbocycles. The summed E-state index contributed by atoms with van der Waals surface area (Å²) in [5.41, 5.74) is 5.42. The highest BCUT2D eigenvalue weighted by Gasteiger charge is 2.29. The minimum Gasteiger partial charge on any atom is -0.335 e. The number of rotatable bonds is 5. The molecule has 0 spiro atoms. The van der Waals surface area contributed by atoms with E-state index in [0.29, 0.717) is 18.5 Å². The van der Waals surface area contributed by atoms with Gasteiger partial charge in [-0.3, -0.25) is 0 Å². The van der Waals surface area contributed by atoms with Crippen molar-refractivity contribution in [2.24, 2.45) is 11.7 Å². The van der Waals surface area contributed by atoms with Crippen molar-refractivity contribution in [2.45, 2.75) is 51.6 Å². The van der Waals surface area contributed by atoms with Crippen LogP contribution in [0.4, 0.5) is 4.79 Å². The van der Waals surface area contributed by atoms with Crippen molar-refractivity contribution in [1.29, 1.82) is 0 Å². The third-order valence-electron chi connectivity index (χ3n) is 2.64. The Kier molecular flexibility index (Phi) is 3.97.